The molecule has 0 amide bonds. The van der Waals surface area contributed by atoms with Crippen molar-refractivity contribution in [1.82, 2.24) is 4.31 Å². The van der Waals surface area contributed by atoms with E-state index < -0.39 is 15.8 Å². The summed E-state index contributed by atoms with van der Waals surface area (Å²) < 4.78 is 55.6. The topological polar surface area (TPSA) is 57.7 Å². The summed E-state index contributed by atoms with van der Waals surface area (Å²) in [6, 6.07) is 21.6. The molecule has 0 atom stereocenters. The van der Waals surface area contributed by atoms with Crippen LogP contribution in [0, 0.1) is 11.6 Å². The molecule has 178 valence electrons. The van der Waals surface area contributed by atoms with Crippen LogP contribution < -0.4 is 4.90 Å². The molecule has 0 aliphatic carbocycles. The first kappa shape index (κ1) is 23.1. The maximum Gasteiger partial charge on any atom is 0.243 e. The summed E-state index contributed by atoms with van der Waals surface area (Å²) in [6.07, 6.45) is 0. The van der Waals surface area contributed by atoms with Crippen LogP contribution in [0.15, 0.2) is 89.8 Å². The fourth-order valence-electron chi connectivity index (χ4n) is 4.40. The second-order valence-electron chi connectivity index (χ2n) is 8.37. The van der Waals surface area contributed by atoms with Gasteiger partial charge in [0, 0.05) is 37.3 Å². The van der Waals surface area contributed by atoms with Gasteiger partial charge in [-0.3, -0.25) is 4.79 Å². The van der Waals surface area contributed by atoms with E-state index in [1.165, 1.54) is 46.8 Å². The van der Waals surface area contributed by atoms with Crippen molar-refractivity contribution in [2.45, 2.75) is 4.90 Å². The smallest absolute Gasteiger partial charge is 0.243 e. The lowest BCUT2D eigenvalue weighted by Crippen LogP contribution is -2.48. The van der Waals surface area contributed by atoms with Crippen molar-refractivity contribution in [3.05, 3.63) is 108 Å². The Morgan fingerprint density at radius 3 is 2.20 bits per heavy atom. The highest BCUT2D eigenvalue weighted by molar-refractivity contribution is 7.89. The van der Waals surface area contributed by atoms with Crippen molar-refractivity contribution in [1.29, 1.82) is 0 Å². The molecule has 0 N–H and O–H groups in total. The summed E-state index contributed by atoms with van der Waals surface area (Å²) in [5.74, 6) is -1.09. The number of carbonyl (C=O) groups excluding carboxylic acids is 1. The fraction of sp³-hybridized carbons (Fsp3) is 0.148. The predicted octanol–water partition coefficient (Wildman–Crippen LogP) is 4.86. The minimum Gasteiger partial charge on any atom is -0.367 e. The standard InChI is InChI=1S/C27H22F2N2O3S/c28-21-11-8-19-4-3-5-23(24(19)18-21)27(32)20-9-12-22(13-10-20)35(33,34)31-16-14-30(15-17-31)26-7-2-1-6-25(26)29/h1-13,18H,14-17H2. The number of carbonyl (C=O) groups is 1. The molecule has 0 saturated carbocycles. The van der Waals surface area contributed by atoms with Crippen LogP contribution in [0.25, 0.3) is 10.8 Å². The van der Waals surface area contributed by atoms with E-state index in [0.29, 0.717) is 35.3 Å². The van der Waals surface area contributed by atoms with Gasteiger partial charge in [0.1, 0.15) is 11.6 Å². The Kier molecular flexibility index (Phi) is 6.08. The van der Waals surface area contributed by atoms with Crippen molar-refractivity contribution < 1.29 is 22.0 Å². The zero-order chi connectivity index (χ0) is 24.6. The number of fused-ring (bicyclic) bond motifs is 1. The first-order valence-corrected chi connectivity index (χ1v) is 12.6. The monoisotopic (exact) mass is 492 g/mol. The van der Waals surface area contributed by atoms with Gasteiger partial charge >= 0.3 is 0 Å². The number of hydrogen-bond acceptors (Lipinski definition) is 4. The largest absolute Gasteiger partial charge is 0.367 e. The van der Waals surface area contributed by atoms with Gasteiger partial charge in [-0.05, 0) is 59.3 Å². The maximum absolute atomic E-state index is 14.1. The van der Waals surface area contributed by atoms with Crippen LogP contribution in [0.1, 0.15) is 15.9 Å². The summed E-state index contributed by atoms with van der Waals surface area (Å²) in [5.41, 5.74) is 1.12. The van der Waals surface area contributed by atoms with Gasteiger partial charge in [-0.25, -0.2) is 17.2 Å². The third kappa shape index (κ3) is 4.42. The van der Waals surface area contributed by atoms with Gasteiger partial charge in [0.15, 0.2) is 5.78 Å². The van der Waals surface area contributed by atoms with Gasteiger partial charge in [0.05, 0.1) is 10.6 Å². The number of sulfonamides is 1. The highest BCUT2D eigenvalue weighted by Gasteiger charge is 2.29. The molecule has 0 aromatic heterocycles. The summed E-state index contributed by atoms with van der Waals surface area (Å²) in [5, 5.41) is 1.24. The van der Waals surface area contributed by atoms with Crippen LogP contribution in [-0.4, -0.2) is 44.7 Å². The van der Waals surface area contributed by atoms with E-state index in [1.54, 1.807) is 42.5 Å². The lowest BCUT2D eigenvalue weighted by molar-refractivity contribution is 0.104. The Morgan fingerprint density at radius 2 is 1.49 bits per heavy atom. The molecule has 0 bridgehead atoms. The average Bonchev–Trinajstić information content (AvgIpc) is 2.88. The second kappa shape index (κ2) is 9.20. The number of piperazine rings is 1. The van der Waals surface area contributed by atoms with Crippen LogP contribution >= 0.6 is 0 Å². The lowest BCUT2D eigenvalue weighted by Gasteiger charge is -2.35. The van der Waals surface area contributed by atoms with E-state index >= 15 is 0 Å². The van der Waals surface area contributed by atoms with Crippen molar-refractivity contribution in [3.8, 4) is 0 Å². The molecule has 5 rings (SSSR count). The molecule has 0 unspecified atom stereocenters. The molecule has 0 spiro atoms. The van der Waals surface area contributed by atoms with Crippen molar-refractivity contribution >= 4 is 32.3 Å². The van der Waals surface area contributed by atoms with Crippen molar-refractivity contribution in [2.24, 2.45) is 0 Å². The van der Waals surface area contributed by atoms with E-state index in [1.807, 2.05) is 4.90 Å². The molecule has 4 aromatic carbocycles. The summed E-state index contributed by atoms with van der Waals surface area (Å²) >= 11 is 0. The summed E-state index contributed by atoms with van der Waals surface area (Å²) in [6.45, 7) is 1.18. The van der Waals surface area contributed by atoms with Crippen molar-refractivity contribution in [3.63, 3.8) is 0 Å². The van der Waals surface area contributed by atoms with Crippen LogP contribution in [0.2, 0.25) is 0 Å². The second-order valence-corrected chi connectivity index (χ2v) is 10.3. The number of halogens is 2. The normalized spacial score (nSPS) is 14.9. The molecule has 1 aliphatic rings. The maximum atomic E-state index is 14.1. The summed E-state index contributed by atoms with van der Waals surface area (Å²) in [7, 11) is -3.77. The number of rotatable bonds is 5. The van der Waals surface area contributed by atoms with E-state index in [9.17, 15) is 22.0 Å². The first-order chi connectivity index (χ1) is 16.8. The molecule has 1 saturated heterocycles. The molecular formula is C27H22F2N2O3S. The van der Waals surface area contributed by atoms with Gasteiger partial charge < -0.3 is 4.90 Å². The molecular weight excluding hydrogens is 470 g/mol. The third-order valence-electron chi connectivity index (χ3n) is 6.27. The quantitative estimate of drug-likeness (QED) is 0.374. The number of benzene rings is 4. The van der Waals surface area contributed by atoms with Gasteiger partial charge in [-0.2, -0.15) is 4.31 Å². The number of hydrogen-bond donors (Lipinski definition) is 0. The molecule has 8 heteroatoms. The molecule has 1 fully saturated rings. The minimum atomic E-state index is -3.77. The molecule has 0 radical (unpaired) electrons. The zero-order valence-electron chi connectivity index (χ0n) is 18.7. The number of anilines is 1. The van der Waals surface area contributed by atoms with Crippen LogP contribution in [-0.2, 0) is 10.0 Å². The van der Waals surface area contributed by atoms with E-state index in [2.05, 4.69) is 0 Å². The predicted molar refractivity (Wildman–Crippen MR) is 131 cm³/mol. The Bertz CT molecular complexity index is 1510. The molecule has 5 nitrogen and oxygen atoms in total. The number of para-hydroxylation sites is 1. The molecule has 1 heterocycles. The van der Waals surface area contributed by atoms with Gasteiger partial charge in [0.25, 0.3) is 0 Å². The Hall–Kier alpha value is -3.62. The Morgan fingerprint density at radius 1 is 0.771 bits per heavy atom. The average molecular weight is 493 g/mol. The first-order valence-electron chi connectivity index (χ1n) is 11.2. The highest BCUT2D eigenvalue weighted by atomic mass is 32.2. The minimum absolute atomic E-state index is 0.0809. The summed E-state index contributed by atoms with van der Waals surface area (Å²) in [4.78, 5) is 15.0. The van der Waals surface area contributed by atoms with Gasteiger partial charge in [0.2, 0.25) is 10.0 Å². The van der Waals surface area contributed by atoms with Crippen LogP contribution in [0.3, 0.4) is 0 Å². The van der Waals surface area contributed by atoms with Crippen molar-refractivity contribution in [2.75, 3.05) is 31.1 Å². The molecule has 1 aliphatic heterocycles. The molecule has 4 aromatic rings. The third-order valence-corrected chi connectivity index (χ3v) is 8.19. The Labute approximate surface area is 202 Å². The van der Waals surface area contributed by atoms with Gasteiger partial charge in [-0.1, -0.05) is 36.4 Å². The van der Waals surface area contributed by atoms with E-state index in [4.69, 9.17) is 0 Å². The Balaban J connectivity index is 1.34. The molecule has 35 heavy (non-hydrogen) atoms. The zero-order valence-corrected chi connectivity index (χ0v) is 19.5. The number of ketones is 1. The lowest BCUT2D eigenvalue weighted by atomic mass is 9.97. The van der Waals surface area contributed by atoms with E-state index in [0.717, 1.165) is 5.39 Å². The highest BCUT2D eigenvalue weighted by Crippen LogP contribution is 2.26. The van der Waals surface area contributed by atoms with Gasteiger partial charge in [-0.15, -0.1) is 0 Å². The number of nitrogens with zero attached hydrogens (tertiary/aromatic N) is 2. The van der Waals surface area contributed by atoms with Crippen LogP contribution in [0.4, 0.5) is 14.5 Å². The van der Waals surface area contributed by atoms with E-state index in [-0.39, 0.29) is 29.6 Å². The van der Waals surface area contributed by atoms with Crippen LogP contribution in [0.5, 0.6) is 0 Å². The SMILES string of the molecule is O=C(c1ccc(S(=O)(=O)N2CCN(c3ccccc3F)CC2)cc1)c1cccc2ccc(F)cc12. The fourth-order valence-corrected chi connectivity index (χ4v) is 5.83.